The molecule has 0 aromatic carbocycles. The molecule has 2 N–H and O–H groups in total. The summed E-state index contributed by atoms with van der Waals surface area (Å²) in [5, 5.41) is 6.25. The Labute approximate surface area is 99.4 Å². The third kappa shape index (κ3) is 6.11. The van der Waals surface area contributed by atoms with Gasteiger partial charge in [-0.25, -0.2) is 0 Å². The van der Waals surface area contributed by atoms with E-state index in [1.54, 1.807) is 0 Å². The predicted molar refractivity (Wildman–Crippen MR) is 67.3 cm³/mol. The Morgan fingerprint density at radius 1 is 1.25 bits per heavy atom. The Morgan fingerprint density at radius 2 is 1.94 bits per heavy atom. The second kappa shape index (κ2) is 7.66. The molecule has 1 aliphatic carbocycles. The number of hydrogen-bond acceptors (Lipinski definition) is 2. The number of amides is 1. The minimum absolute atomic E-state index is 0.156. The van der Waals surface area contributed by atoms with Crippen LogP contribution < -0.4 is 10.6 Å². The molecule has 0 spiro atoms. The summed E-state index contributed by atoms with van der Waals surface area (Å²) in [5.41, 5.74) is 0. The van der Waals surface area contributed by atoms with Crippen LogP contribution in [0.4, 0.5) is 0 Å². The van der Waals surface area contributed by atoms with E-state index in [0.717, 1.165) is 19.0 Å². The lowest BCUT2D eigenvalue weighted by atomic mass is 10.0. The van der Waals surface area contributed by atoms with Crippen LogP contribution in [-0.2, 0) is 4.79 Å². The van der Waals surface area contributed by atoms with Gasteiger partial charge in [0.15, 0.2) is 0 Å². The molecule has 1 saturated carbocycles. The van der Waals surface area contributed by atoms with Gasteiger partial charge in [0.05, 0.1) is 0 Å². The zero-order chi connectivity index (χ0) is 11.8. The quantitative estimate of drug-likeness (QED) is 0.653. The van der Waals surface area contributed by atoms with Gasteiger partial charge in [0.25, 0.3) is 0 Å². The lowest BCUT2D eigenvalue weighted by Gasteiger charge is -2.10. The van der Waals surface area contributed by atoms with Gasteiger partial charge in [-0.05, 0) is 32.7 Å². The van der Waals surface area contributed by atoms with Crippen molar-refractivity contribution >= 4 is 5.91 Å². The molecule has 1 fully saturated rings. The van der Waals surface area contributed by atoms with Crippen LogP contribution in [0.15, 0.2) is 0 Å². The molecule has 3 nitrogen and oxygen atoms in total. The maximum atomic E-state index is 11.3. The average Bonchev–Trinajstić information content (AvgIpc) is 2.68. The standard InChI is InChI=1S/C13H26N2O/c1-11(2)15-13(16)8-10-14-9-7-12-5-3-4-6-12/h11-12,14H,3-10H2,1-2H3,(H,15,16). The summed E-state index contributed by atoms with van der Waals surface area (Å²) >= 11 is 0. The van der Waals surface area contributed by atoms with Gasteiger partial charge in [0, 0.05) is 19.0 Å². The maximum Gasteiger partial charge on any atom is 0.221 e. The van der Waals surface area contributed by atoms with Gasteiger partial charge in [-0.1, -0.05) is 25.7 Å². The van der Waals surface area contributed by atoms with Gasteiger partial charge in [-0.2, -0.15) is 0 Å². The highest BCUT2D eigenvalue weighted by Crippen LogP contribution is 2.26. The molecule has 0 unspecified atom stereocenters. The Balaban J connectivity index is 1.89. The summed E-state index contributed by atoms with van der Waals surface area (Å²) < 4.78 is 0. The first-order chi connectivity index (χ1) is 7.68. The fourth-order valence-corrected chi connectivity index (χ4v) is 2.33. The van der Waals surface area contributed by atoms with E-state index in [-0.39, 0.29) is 11.9 Å². The molecule has 0 bridgehead atoms. The molecule has 0 aliphatic heterocycles. The third-order valence-electron chi connectivity index (χ3n) is 3.18. The van der Waals surface area contributed by atoms with Crippen LogP contribution in [0.25, 0.3) is 0 Å². The second-order valence-corrected chi connectivity index (χ2v) is 5.16. The van der Waals surface area contributed by atoms with Crippen molar-refractivity contribution in [3.63, 3.8) is 0 Å². The molecule has 16 heavy (non-hydrogen) atoms. The van der Waals surface area contributed by atoms with Crippen LogP contribution in [0.2, 0.25) is 0 Å². The van der Waals surface area contributed by atoms with Gasteiger partial charge in [-0.3, -0.25) is 4.79 Å². The van der Waals surface area contributed by atoms with Crippen LogP contribution in [0.1, 0.15) is 52.4 Å². The molecule has 1 rings (SSSR count). The van der Waals surface area contributed by atoms with Crippen molar-refractivity contribution in [2.45, 2.75) is 58.4 Å². The van der Waals surface area contributed by atoms with Crippen molar-refractivity contribution in [1.82, 2.24) is 10.6 Å². The van der Waals surface area contributed by atoms with Crippen molar-refractivity contribution in [2.24, 2.45) is 5.92 Å². The summed E-state index contributed by atoms with van der Waals surface area (Å²) in [5.74, 6) is 1.10. The van der Waals surface area contributed by atoms with Crippen LogP contribution >= 0.6 is 0 Å². The third-order valence-corrected chi connectivity index (χ3v) is 3.18. The number of carbonyl (C=O) groups excluding carboxylic acids is 1. The summed E-state index contributed by atoms with van der Waals surface area (Å²) in [6.45, 7) is 5.86. The molecule has 0 saturated heterocycles. The SMILES string of the molecule is CC(C)NC(=O)CCNCCC1CCCC1. The Hall–Kier alpha value is -0.570. The highest BCUT2D eigenvalue weighted by Gasteiger charge is 2.13. The zero-order valence-electron chi connectivity index (χ0n) is 10.7. The molecule has 0 aromatic rings. The van der Waals surface area contributed by atoms with Gasteiger partial charge < -0.3 is 10.6 Å². The van der Waals surface area contributed by atoms with Crippen molar-refractivity contribution in [2.75, 3.05) is 13.1 Å². The van der Waals surface area contributed by atoms with E-state index < -0.39 is 0 Å². The van der Waals surface area contributed by atoms with Crippen LogP contribution in [0.3, 0.4) is 0 Å². The fourth-order valence-electron chi connectivity index (χ4n) is 2.33. The molecule has 3 heteroatoms. The number of nitrogens with one attached hydrogen (secondary N) is 2. The molecule has 0 aromatic heterocycles. The summed E-state index contributed by atoms with van der Waals surface area (Å²) in [6, 6.07) is 0.256. The molecule has 1 amide bonds. The van der Waals surface area contributed by atoms with Crippen LogP contribution in [-0.4, -0.2) is 25.0 Å². The van der Waals surface area contributed by atoms with Crippen LogP contribution in [0.5, 0.6) is 0 Å². The van der Waals surface area contributed by atoms with Crippen molar-refractivity contribution in [3.05, 3.63) is 0 Å². The van der Waals surface area contributed by atoms with E-state index in [4.69, 9.17) is 0 Å². The lowest BCUT2D eigenvalue weighted by Crippen LogP contribution is -2.32. The Morgan fingerprint density at radius 3 is 2.56 bits per heavy atom. The predicted octanol–water partition coefficient (Wildman–Crippen LogP) is 2.07. The van der Waals surface area contributed by atoms with E-state index in [0.29, 0.717) is 6.42 Å². The smallest absolute Gasteiger partial charge is 0.221 e. The molecule has 0 radical (unpaired) electrons. The molecular weight excluding hydrogens is 200 g/mol. The summed E-state index contributed by atoms with van der Waals surface area (Å²) in [6.07, 6.45) is 7.54. The normalized spacial score (nSPS) is 16.9. The van der Waals surface area contributed by atoms with E-state index >= 15 is 0 Å². The van der Waals surface area contributed by atoms with Crippen molar-refractivity contribution in [3.8, 4) is 0 Å². The van der Waals surface area contributed by atoms with Gasteiger partial charge in [-0.15, -0.1) is 0 Å². The number of rotatable bonds is 7. The first-order valence-corrected chi connectivity index (χ1v) is 6.68. The molecule has 1 aliphatic rings. The summed E-state index contributed by atoms with van der Waals surface area (Å²) in [4.78, 5) is 11.3. The largest absolute Gasteiger partial charge is 0.354 e. The van der Waals surface area contributed by atoms with Gasteiger partial charge >= 0.3 is 0 Å². The van der Waals surface area contributed by atoms with E-state index in [2.05, 4.69) is 10.6 Å². The summed E-state index contributed by atoms with van der Waals surface area (Å²) in [7, 11) is 0. The van der Waals surface area contributed by atoms with Crippen LogP contribution in [0, 0.1) is 5.92 Å². The minimum atomic E-state index is 0.156. The number of hydrogen-bond donors (Lipinski definition) is 2. The Bertz CT molecular complexity index is 198. The average molecular weight is 226 g/mol. The second-order valence-electron chi connectivity index (χ2n) is 5.16. The van der Waals surface area contributed by atoms with Crippen molar-refractivity contribution < 1.29 is 4.79 Å². The monoisotopic (exact) mass is 226 g/mol. The minimum Gasteiger partial charge on any atom is -0.354 e. The highest BCUT2D eigenvalue weighted by atomic mass is 16.1. The van der Waals surface area contributed by atoms with E-state index in [1.165, 1.54) is 32.1 Å². The van der Waals surface area contributed by atoms with E-state index in [9.17, 15) is 4.79 Å². The fraction of sp³-hybridized carbons (Fsp3) is 0.923. The number of carbonyl (C=O) groups is 1. The Kier molecular flexibility index (Phi) is 6.46. The molecule has 0 heterocycles. The van der Waals surface area contributed by atoms with Gasteiger partial charge in [0.2, 0.25) is 5.91 Å². The van der Waals surface area contributed by atoms with Crippen molar-refractivity contribution in [1.29, 1.82) is 0 Å². The lowest BCUT2D eigenvalue weighted by molar-refractivity contribution is -0.121. The first kappa shape index (κ1) is 13.5. The van der Waals surface area contributed by atoms with Gasteiger partial charge in [0.1, 0.15) is 0 Å². The zero-order valence-corrected chi connectivity index (χ0v) is 10.7. The maximum absolute atomic E-state index is 11.3. The first-order valence-electron chi connectivity index (χ1n) is 6.68. The molecule has 94 valence electrons. The molecule has 0 atom stereocenters. The topological polar surface area (TPSA) is 41.1 Å². The highest BCUT2D eigenvalue weighted by molar-refractivity contribution is 5.76. The molecular formula is C13H26N2O. The van der Waals surface area contributed by atoms with E-state index in [1.807, 2.05) is 13.8 Å².